The molecule has 0 aliphatic carbocycles. The Morgan fingerprint density at radius 3 is 2.50 bits per heavy atom. The van der Waals surface area contributed by atoms with Gasteiger partial charge < -0.3 is 10.1 Å². The molecule has 2 rings (SSSR count). The zero-order chi connectivity index (χ0) is 18.0. The van der Waals surface area contributed by atoms with Crippen molar-refractivity contribution >= 4 is 40.9 Å². The van der Waals surface area contributed by atoms with Crippen LogP contribution >= 0.6 is 23.2 Å². The first kappa shape index (κ1) is 18.5. The van der Waals surface area contributed by atoms with Crippen molar-refractivity contribution in [3.63, 3.8) is 0 Å². The van der Waals surface area contributed by atoms with Gasteiger partial charge in [-0.3, -0.25) is 19.3 Å². The van der Waals surface area contributed by atoms with E-state index in [-0.39, 0.29) is 23.4 Å². The maximum atomic E-state index is 12.2. The van der Waals surface area contributed by atoms with Crippen molar-refractivity contribution in [3.8, 4) is 5.75 Å². The molecule has 24 heavy (non-hydrogen) atoms. The highest BCUT2D eigenvalue weighted by atomic mass is 35.5. The van der Waals surface area contributed by atoms with Gasteiger partial charge in [-0.1, -0.05) is 23.2 Å². The van der Waals surface area contributed by atoms with Crippen molar-refractivity contribution in [1.29, 1.82) is 0 Å². The van der Waals surface area contributed by atoms with Gasteiger partial charge in [0, 0.05) is 11.1 Å². The van der Waals surface area contributed by atoms with Crippen LogP contribution in [0.2, 0.25) is 10.0 Å². The van der Waals surface area contributed by atoms with Crippen LogP contribution in [0.25, 0.3) is 0 Å². The molecule has 1 aromatic carbocycles. The Morgan fingerprint density at radius 2 is 1.96 bits per heavy atom. The van der Waals surface area contributed by atoms with Crippen molar-refractivity contribution in [2.24, 2.45) is 0 Å². The molecule has 0 spiro atoms. The van der Waals surface area contributed by atoms with Crippen LogP contribution in [0.1, 0.15) is 27.2 Å². The van der Waals surface area contributed by atoms with Gasteiger partial charge in [0.05, 0.1) is 11.4 Å². The predicted molar refractivity (Wildman–Crippen MR) is 90.1 cm³/mol. The molecule has 0 aromatic heterocycles. The van der Waals surface area contributed by atoms with Gasteiger partial charge in [-0.2, -0.15) is 0 Å². The lowest BCUT2D eigenvalue weighted by Gasteiger charge is -2.20. The van der Waals surface area contributed by atoms with Crippen LogP contribution < -0.4 is 10.1 Å². The molecule has 1 N–H and O–H groups in total. The minimum Gasteiger partial charge on any atom is -0.479 e. The quantitative estimate of drug-likeness (QED) is 0.805. The molecule has 8 heteroatoms. The van der Waals surface area contributed by atoms with E-state index in [1.807, 2.05) is 0 Å². The highest BCUT2D eigenvalue weighted by Crippen LogP contribution is 2.28. The van der Waals surface area contributed by atoms with Crippen molar-refractivity contribution in [1.82, 2.24) is 10.2 Å². The average Bonchev–Trinajstić information content (AvgIpc) is 2.76. The van der Waals surface area contributed by atoms with Gasteiger partial charge in [0.2, 0.25) is 5.91 Å². The number of ether oxygens (including phenoxy) is 1. The summed E-state index contributed by atoms with van der Waals surface area (Å²) in [6, 6.07) is 3.54. The predicted octanol–water partition coefficient (Wildman–Crippen LogP) is 2.41. The lowest BCUT2D eigenvalue weighted by Crippen LogP contribution is -2.47. The van der Waals surface area contributed by atoms with Crippen LogP contribution in [-0.2, 0) is 14.4 Å². The van der Waals surface area contributed by atoms with Gasteiger partial charge in [0.25, 0.3) is 11.8 Å². The van der Waals surface area contributed by atoms with E-state index in [9.17, 15) is 14.4 Å². The molecule has 1 aliphatic rings. The van der Waals surface area contributed by atoms with E-state index in [0.717, 1.165) is 4.90 Å². The summed E-state index contributed by atoms with van der Waals surface area (Å²) in [5.74, 6) is -0.895. The minimum absolute atomic E-state index is 0.0445. The summed E-state index contributed by atoms with van der Waals surface area (Å²) in [7, 11) is 0. The molecule has 130 valence electrons. The third-order valence-corrected chi connectivity index (χ3v) is 4.11. The SMILES string of the molecule is CC(C)N1C(=O)C[C@H](NC(=O)[C@H](C)Oc2ccc(Cl)cc2Cl)C1=O. The minimum atomic E-state index is -0.889. The number of carbonyl (C=O) groups excluding carboxylic acids is 3. The van der Waals surface area contributed by atoms with Gasteiger partial charge in [-0.15, -0.1) is 0 Å². The zero-order valence-electron chi connectivity index (χ0n) is 13.5. The van der Waals surface area contributed by atoms with E-state index in [0.29, 0.717) is 10.8 Å². The Balaban J connectivity index is 1.99. The summed E-state index contributed by atoms with van der Waals surface area (Å²) >= 11 is 11.8. The third kappa shape index (κ3) is 3.99. The highest BCUT2D eigenvalue weighted by molar-refractivity contribution is 6.35. The van der Waals surface area contributed by atoms with E-state index >= 15 is 0 Å². The van der Waals surface area contributed by atoms with Gasteiger partial charge in [0.15, 0.2) is 6.10 Å². The lowest BCUT2D eigenvalue weighted by atomic mass is 10.2. The molecular weight excluding hydrogens is 355 g/mol. The number of rotatable bonds is 5. The number of hydrogen-bond donors (Lipinski definition) is 1. The van der Waals surface area contributed by atoms with Crippen LogP contribution in [-0.4, -0.2) is 40.8 Å². The molecular formula is C16H18Cl2N2O4. The van der Waals surface area contributed by atoms with E-state index in [4.69, 9.17) is 27.9 Å². The van der Waals surface area contributed by atoms with E-state index in [2.05, 4.69) is 5.32 Å². The fourth-order valence-corrected chi connectivity index (χ4v) is 2.86. The second-order valence-corrected chi connectivity index (χ2v) is 6.64. The Hall–Kier alpha value is -1.79. The first-order valence-corrected chi connectivity index (χ1v) is 8.24. The van der Waals surface area contributed by atoms with Crippen LogP contribution in [0.5, 0.6) is 5.75 Å². The Labute approximate surface area is 150 Å². The Bertz CT molecular complexity index is 678. The molecule has 0 saturated carbocycles. The summed E-state index contributed by atoms with van der Waals surface area (Å²) in [6.07, 6.45) is -0.934. The monoisotopic (exact) mass is 372 g/mol. The summed E-state index contributed by atoms with van der Waals surface area (Å²) in [5, 5.41) is 3.28. The maximum Gasteiger partial charge on any atom is 0.261 e. The normalized spacial score (nSPS) is 18.9. The maximum absolute atomic E-state index is 12.2. The zero-order valence-corrected chi connectivity index (χ0v) is 15.0. The number of likely N-dealkylation sites (tertiary alicyclic amines) is 1. The first-order valence-electron chi connectivity index (χ1n) is 7.48. The van der Waals surface area contributed by atoms with E-state index < -0.39 is 24.0 Å². The van der Waals surface area contributed by atoms with Crippen molar-refractivity contribution in [2.45, 2.75) is 45.4 Å². The van der Waals surface area contributed by atoms with Crippen molar-refractivity contribution in [3.05, 3.63) is 28.2 Å². The number of nitrogens with zero attached hydrogens (tertiary/aromatic N) is 1. The second kappa shape index (κ2) is 7.40. The fraction of sp³-hybridized carbons (Fsp3) is 0.438. The molecule has 0 radical (unpaired) electrons. The summed E-state index contributed by atoms with van der Waals surface area (Å²) < 4.78 is 5.50. The van der Waals surface area contributed by atoms with Crippen molar-refractivity contribution in [2.75, 3.05) is 0 Å². The Morgan fingerprint density at radius 1 is 1.29 bits per heavy atom. The number of halogens is 2. The first-order chi connectivity index (χ1) is 11.2. The number of carbonyl (C=O) groups is 3. The van der Waals surface area contributed by atoms with E-state index in [1.165, 1.54) is 13.0 Å². The van der Waals surface area contributed by atoms with Crippen LogP contribution in [0.3, 0.4) is 0 Å². The average molecular weight is 373 g/mol. The van der Waals surface area contributed by atoms with Crippen LogP contribution in [0.4, 0.5) is 0 Å². The molecule has 6 nitrogen and oxygen atoms in total. The number of imide groups is 1. The molecule has 0 unspecified atom stereocenters. The van der Waals surface area contributed by atoms with E-state index in [1.54, 1.807) is 26.0 Å². The van der Waals surface area contributed by atoms with Gasteiger partial charge in [-0.05, 0) is 39.0 Å². The standard InChI is InChI=1S/C16H18Cl2N2O4/c1-8(2)20-14(21)7-12(16(20)23)19-15(22)9(3)24-13-5-4-10(17)6-11(13)18/h4-6,8-9,12H,7H2,1-3H3,(H,19,22)/t9-,12-/m0/s1. The molecule has 1 fully saturated rings. The van der Waals surface area contributed by atoms with Crippen LogP contribution in [0, 0.1) is 0 Å². The van der Waals surface area contributed by atoms with Crippen molar-refractivity contribution < 1.29 is 19.1 Å². The van der Waals surface area contributed by atoms with Gasteiger partial charge in [-0.25, -0.2) is 0 Å². The highest BCUT2D eigenvalue weighted by Gasteiger charge is 2.41. The number of benzene rings is 1. The molecule has 1 saturated heterocycles. The molecule has 1 heterocycles. The van der Waals surface area contributed by atoms with Gasteiger partial charge in [0.1, 0.15) is 11.8 Å². The summed E-state index contributed by atoms with van der Waals surface area (Å²) in [5.41, 5.74) is 0. The second-order valence-electron chi connectivity index (χ2n) is 5.80. The number of nitrogens with one attached hydrogen (secondary N) is 1. The third-order valence-electron chi connectivity index (χ3n) is 3.58. The summed E-state index contributed by atoms with van der Waals surface area (Å²) in [4.78, 5) is 37.4. The molecule has 1 aromatic rings. The smallest absolute Gasteiger partial charge is 0.261 e. The van der Waals surface area contributed by atoms with Gasteiger partial charge >= 0.3 is 0 Å². The molecule has 1 aliphatic heterocycles. The topological polar surface area (TPSA) is 75.7 Å². The fourth-order valence-electron chi connectivity index (χ4n) is 2.41. The molecule has 0 bridgehead atoms. The number of amides is 3. The van der Waals surface area contributed by atoms with Crippen LogP contribution in [0.15, 0.2) is 18.2 Å². The molecule has 2 atom stereocenters. The molecule has 3 amide bonds. The largest absolute Gasteiger partial charge is 0.479 e. The summed E-state index contributed by atoms with van der Waals surface area (Å²) in [6.45, 7) is 5.02. The number of hydrogen-bond acceptors (Lipinski definition) is 4. The lowest BCUT2D eigenvalue weighted by molar-refractivity contribution is -0.142. The Kier molecular flexibility index (Phi) is 5.72.